The molecule has 0 aromatic carbocycles. The molecule has 42 heavy (non-hydrogen) atoms. The third kappa shape index (κ3) is 7.58. The van der Waals surface area contributed by atoms with Gasteiger partial charge in [0.1, 0.15) is 17.5 Å². The van der Waals surface area contributed by atoms with Crippen molar-refractivity contribution >= 4 is 22.6 Å². The number of aromatic nitrogens is 5. The fraction of sp³-hybridized carbons (Fsp3) is 0.235. The lowest BCUT2D eigenvalue weighted by Gasteiger charge is -2.21. The Bertz CT molecular complexity index is 1640. The van der Waals surface area contributed by atoms with Crippen LogP contribution >= 0.6 is 0 Å². The maximum absolute atomic E-state index is 16.2. The number of nitrogens with zero attached hydrogens (tertiary/aromatic N) is 4. The number of allylic oxidation sites excluding steroid dienone is 5. The summed E-state index contributed by atoms with van der Waals surface area (Å²) < 4.78 is 16.2. The van der Waals surface area contributed by atoms with Crippen LogP contribution in [0.3, 0.4) is 0 Å². The van der Waals surface area contributed by atoms with Gasteiger partial charge in [0.2, 0.25) is 0 Å². The number of terminal acetylenes is 1. The van der Waals surface area contributed by atoms with Crippen LogP contribution in [0, 0.1) is 24.1 Å². The molecule has 4 heterocycles. The SMILES string of the molecule is C#C.C=C/C(=C\C(=C/C)c1cnc(NC)c(Cc2nc3nccc(-c4ccncc4)c3[nH]2)c1F)NC(=C)CC(C)(C)C. The van der Waals surface area contributed by atoms with Crippen LogP contribution in [0.4, 0.5) is 10.2 Å². The van der Waals surface area contributed by atoms with Crippen molar-refractivity contribution in [3.63, 3.8) is 0 Å². The molecule has 0 saturated carbocycles. The third-order valence-electron chi connectivity index (χ3n) is 6.34. The third-order valence-corrected chi connectivity index (χ3v) is 6.34. The average Bonchev–Trinajstić information content (AvgIpc) is 3.40. The Kier molecular flexibility index (Phi) is 10.5. The maximum Gasteiger partial charge on any atom is 0.178 e. The largest absolute Gasteiger partial charge is 0.373 e. The van der Waals surface area contributed by atoms with Crippen molar-refractivity contribution in [2.24, 2.45) is 5.41 Å². The van der Waals surface area contributed by atoms with E-state index in [0.717, 1.165) is 34.5 Å². The maximum atomic E-state index is 16.2. The van der Waals surface area contributed by atoms with Gasteiger partial charge in [0.25, 0.3) is 0 Å². The van der Waals surface area contributed by atoms with Crippen LogP contribution in [0.25, 0.3) is 27.9 Å². The van der Waals surface area contributed by atoms with Gasteiger partial charge in [0.15, 0.2) is 5.65 Å². The Morgan fingerprint density at radius 1 is 1.12 bits per heavy atom. The van der Waals surface area contributed by atoms with Crippen LogP contribution in [-0.2, 0) is 6.42 Å². The van der Waals surface area contributed by atoms with Crippen LogP contribution in [0.15, 0.2) is 85.8 Å². The summed E-state index contributed by atoms with van der Waals surface area (Å²) in [7, 11) is 1.73. The lowest BCUT2D eigenvalue weighted by molar-refractivity contribution is 0.403. The van der Waals surface area contributed by atoms with Crippen molar-refractivity contribution in [1.82, 2.24) is 30.2 Å². The van der Waals surface area contributed by atoms with Gasteiger partial charge in [-0.2, -0.15) is 0 Å². The summed E-state index contributed by atoms with van der Waals surface area (Å²) in [6, 6.07) is 5.78. The number of hydrogen-bond acceptors (Lipinski definition) is 6. The minimum atomic E-state index is -0.372. The highest BCUT2D eigenvalue weighted by molar-refractivity contribution is 5.89. The van der Waals surface area contributed by atoms with E-state index >= 15 is 4.39 Å². The zero-order valence-electron chi connectivity index (χ0n) is 24.9. The van der Waals surface area contributed by atoms with Crippen LogP contribution < -0.4 is 10.6 Å². The molecule has 0 atom stereocenters. The molecule has 0 aliphatic carbocycles. The molecule has 0 aliphatic heterocycles. The number of pyridine rings is 3. The number of hydrogen-bond donors (Lipinski definition) is 3. The Morgan fingerprint density at radius 2 is 1.83 bits per heavy atom. The van der Waals surface area contributed by atoms with Gasteiger partial charge < -0.3 is 15.6 Å². The average molecular weight is 564 g/mol. The second-order valence-electron chi connectivity index (χ2n) is 10.7. The summed E-state index contributed by atoms with van der Waals surface area (Å²) in [6.07, 6.45) is 21.1. The molecule has 0 unspecified atom stereocenters. The molecular weight excluding hydrogens is 525 g/mol. The molecule has 4 aromatic rings. The van der Waals surface area contributed by atoms with Crippen molar-refractivity contribution in [1.29, 1.82) is 0 Å². The van der Waals surface area contributed by atoms with Gasteiger partial charge in [0.05, 0.1) is 5.52 Å². The van der Waals surface area contributed by atoms with Crippen molar-refractivity contribution in [2.45, 2.75) is 40.5 Å². The number of nitrogens with one attached hydrogen (secondary N) is 3. The van der Waals surface area contributed by atoms with E-state index in [9.17, 15) is 0 Å². The summed E-state index contributed by atoms with van der Waals surface area (Å²) in [5.74, 6) is 0.662. The fourth-order valence-corrected chi connectivity index (χ4v) is 4.61. The van der Waals surface area contributed by atoms with Gasteiger partial charge >= 0.3 is 0 Å². The Balaban J connectivity index is 0.00000237. The molecule has 0 bridgehead atoms. The van der Waals surface area contributed by atoms with Crippen LogP contribution in [0.5, 0.6) is 0 Å². The smallest absolute Gasteiger partial charge is 0.178 e. The van der Waals surface area contributed by atoms with E-state index in [-0.39, 0.29) is 17.7 Å². The molecule has 0 aliphatic rings. The van der Waals surface area contributed by atoms with Gasteiger partial charge in [0, 0.05) is 66.3 Å². The Hall–Kier alpha value is -5.03. The highest BCUT2D eigenvalue weighted by atomic mass is 19.1. The van der Waals surface area contributed by atoms with E-state index in [2.05, 4.69) is 82.3 Å². The first-order chi connectivity index (χ1) is 20.1. The quantitative estimate of drug-likeness (QED) is 0.137. The molecule has 7 nitrogen and oxygen atoms in total. The molecule has 4 rings (SSSR count). The molecule has 4 aromatic heterocycles. The minimum absolute atomic E-state index is 0.0823. The Morgan fingerprint density at radius 3 is 2.45 bits per heavy atom. The number of anilines is 1. The summed E-state index contributed by atoms with van der Waals surface area (Å²) in [6.45, 7) is 16.4. The molecule has 3 N–H and O–H groups in total. The van der Waals surface area contributed by atoms with E-state index < -0.39 is 0 Å². The minimum Gasteiger partial charge on any atom is -0.373 e. The fourth-order valence-electron chi connectivity index (χ4n) is 4.61. The van der Waals surface area contributed by atoms with E-state index in [1.807, 2.05) is 37.3 Å². The predicted molar refractivity (Wildman–Crippen MR) is 172 cm³/mol. The summed E-state index contributed by atoms with van der Waals surface area (Å²) >= 11 is 0. The first kappa shape index (κ1) is 31.5. The van der Waals surface area contributed by atoms with Crippen molar-refractivity contribution < 1.29 is 4.39 Å². The number of fused-ring (bicyclic) bond motifs is 1. The van der Waals surface area contributed by atoms with E-state index in [1.165, 1.54) is 0 Å². The Labute approximate surface area is 247 Å². The number of rotatable bonds is 10. The van der Waals surface area contributed by atoms with Crippen LogP contribution in [0.1, 0.15) is 51.1 Å². The van der Waals surface area contributed by atoms with E-state index in [1.54, 1.807) is 37.9 Å². The monoisotopic (exact) mass is 563 g/mol. The molecule has 0 spiro atoms. The summed E-state index contributed by atoms with van der Waals surface area (Å²) in [5.41, 5.74) is 6.42. The van der Waals surface area contributed by atoms with Gasteiger partial charge in [-0.3, -0.25) is 4.98 Å². The van der Waals surface area contributed by atoms with Gasteiger partial charge in [-0.05, 0) is 60.2 Å². The molecule has 0 fully saturated rings. The molecule has 0 amide bonds. The van der Waals surface area contributed by atoms with Crippen LogP contribution in [-0.4, -0.2) is 32.0 Å². The molecule has 8 heteroatoms. The first-order valence-electron chi connectivity index (χ1n) is 13.5. The van der Waals surface area contributed by atoms with Crippen molar-refractivity contribution in [2.75, 3.05) is 12.4 Å². The normalized spacial score (nSPS) is 11.9. The highest BCUT2D eigenvalue weighted by Crippen LogP contribution is 2.30. The zero-order valence-corrected chi connectivity index (χ0v) is 24.9. The van der Waals surface area contributed by atoms with Crippen molar-refractivity contribution in [3.8, 4) is 24.0 Å². The van der Waals surface area contributed by atoms with Gasteiger partial charge in [-0.15, -0.1) is 12.8 Å². The number of imidazole rings is 1. The second kappa shape index (κ2) is 14.0. The molecule has 216 valence electrons. The van der Waals surface area contributed by atoms with Crippen molar-refractivity contribution in [3.05, 3.63) is 109 Å². The summed E-state index contributed by atoms with van der Waals surface area (Å²) in [4.78, 5) is 21.1. The second-order valence-corrected chi connectivity index (χ2v) is 10.7. The lowest BCUT2D eigenvalue weighted by atomic mass is 9.91. The zero-order chi connectivity index (χ0) is 30.9. The topological polar surface area (TPSA) is 91.4 Å². The van der Waals surface area contributed by atoms with Gasteiger partial charge in [-0.1, -0.05) is 40.0 Å². The number of aromatic amines is 1. The predicted octanol–water partition coefficient (Wildman–Crippen LogP) is 7.45. The van der Waals surface area contributed by atoms with Gasteiger partial charge in [-0.25, -0.2) is 19.3 Å². The molecule has 0 saturated heterocycles. The van der Waals surface area contributed by atoms with Crippen LogP contribution in [0.2, 0.25) is 0 Å². The molecule has 0 radical (unpaired) electrons. The summed E-state index contributed by atoms with van der Waals surface area (Å²) in [5, 5.41) is 6.34. The molecular formula is C34H38FN7. The lowest BCUT2D eigenvalue weighted by Crippen LogP contribution is -2.16. The standard InChI is InChI=1S/C32H36FN7.C2H2/c1-8-21(16-23(9-2)38-20(3)18-32(4,5)6)26-19-37-30(34-7)25(28(26)33)17-27-39-29-24(12-15-36-31(29)40-27)22-10-13-35-14-11-22;1-2/h8-16,19,38H,2-3,17-18H2,1,4-7H3,(H,34,37)(H,36,39,40);1-2H/b21-8+,23-16+;. The number of halogens is 1. The number of H-pyrrole nitrogens is 1. The van der Waals surface area contributed by atoms with E-state index in [0.29, 0.717) is 34.0 Å². The highest BCUT2D eigenvalue weighted by Gasteiger charge is 2.20. The van der Waals surface area contributed by atoms with E-state index in [4.69, 9.17) is 0 Å². The first-order valence-corrected chi connectivity index (χ1v) is 13.5.